The monoisotopic (exact) mass is 282 g/mol. The molecule has 3 aromatic rings. The maximum absolute atomic E-state index is 12.6. The van der Waals surface area contributed by atoms with Crippen molar-refractivity contribution in [3.05, 3.63) is 42.1 Å². The summed E-state index contributed by atoms with van der Waals surface area (Å²) in [4.78, 5) is 18.5. The lowest BCUT2D eigenvalue weighted by atomic mass is 10.0. The van der Waals surface area contributed by atoms with Gasteiger partial charge in [0, 0.05) is 24.4 Å². The molecular weight excluding hydrogens is 271 g/mol. The normalized spacial score (nSPS) is 13.5. The third kappa shape index (κ3) is 1.33. The van der Waals surface area contributed by atoms with E-state index in [9.17, 15) is 4.79 Å². The van der Waals surface area contributed by atoms with Crippen LogP contribution in [-0.4, -0.2) is 27.5 Å². The van der Waals surface area contributed by atoms with Crippen molar-refractivity contribution in [1.82, 2.24) is 14.5 Å². The van der Waals surface area contributed by atoms with Crippen molar-refractivity contribution in [2.75, 3.05) is 11.9 Å². The predicted molar refractivity (Wildman–Crippen MR) is 80.8 cm³/mol. The number of nitrogens with zero attached hydrogens (tertiary/aromatic N) is 4. The van der Waals surface area contributed by atoms with Gasteiger partial charge in [-0.15, -0.1) is 0 Å². The van der Waals surface area contributed by atoms with Crippen molar-refractivity contribution < 1.29 is 4.79 Å². The van der Waals surface area contributed by atoms with Crippen LogP contribution < -0.4 is 4.90 Å². The molecule has 1 aliphatic heterocycles. The number of amides is 1. The second kappa shape index (κ2) is 3.87. The van der Waals surface area contributed by atoms with E-state index in [4.69, 9.17) is 0 Å². The minimum absolute atomic E-state index is 0.0612. The number of hydrogen-bond acceptors (Lipinski definition) is 3. The van der Waals surface area contributed by atoms with Crippen molar-refractivity contribution in [2.45, 2.75) is 0 Å². The van der Waals surface area contributed by atoms with Gasteiger partial charge in [0.05, 0.1) is 10.9 Å². The summed E-state index contributed by atoms with van der Waals surface area (Å²) in [5, 5.41) is 5.46. The second-order valence-corrected chi connectivity index (χ2v) is 5.22. The van der Waals surface area contributed by atoms with Gasteiger partial charge in [-0.3, -0.25) is 9.69 Å². The molecule has 0 spiro atoms. The van der Waals surface area contributed by atoms with E-state index in [0.29, 0.717) is 11.4 Å². The smallest absolute Gasteiger partial charge is 0.259 e. The molecule has 1 atom stereocenters. The summed E-state index contributed by atoms with van der Waals surface area (Å²) in [7, 11) is 4.32. The molecule has 1 amide bonds. The third-order valence-corrected chi connectivity index (χ3v) is 4.03. The Morgan fingerprint density at radius 2 is 1.90 bits per heavy atom. The Kier molecular flexibility index (Phi) is 2.24. The SMILES string of the molecule is CN1C(=O)c2ccccc2-c2nn(P)c3ccnc1c23. The highest BCUT2D eigenvalue weighted by molar-refractivity contribution is 7.14. The number of rotatable bonds is 0. The highest BCUT2D eigenvalue weighted by Crippen LogP contribution is 2.39. The van der Waals surface area contributed by atoms with Crippen molar-refractivity contribution in [3.8, 4) is 11.3 Å². The lowest BCUT2D eigenvalue weighted by Crippen LogP contribution is -2.26. The number of carbonyl (C=O) groups is 1. The van der Waals surface area contributed by atoms with Gasteiger partial charge in [0.2, 0.25) is 0 Å². The zero-order valence-electron chi connectivity index (χ0n) is 10.7. The van der Waals surface area contributed by atoms with Gasteiger partial charge in [0.25, 0.3) is 5.91 Å². The standard InChI is InChI=1S/C14H11N4OP/c1-17-13-11-10(6-7-15-13)18(20)16-12(11)8-4-2-3-5-9(8)14(17)19/h2-7H,20H2,1H3. The van der Waals surface area contributed by atoms with Crippen LogP contribution >= 0.6 is 9.39 Å². The molecule has 0 saturated carbocycles. The van der Waals surface area contributed by atoms with Crippen molar-refractivity contribution >= 4 is 32.0 Å². The molecule has 0 N–H and O–H groups in total. The summed E-state index contributed by atoms with van der Waals surface area (Å²) in [5.41, 5.74) is 3.23. The number of hydrogen-bond donors (Lipinski definition) is 0. The summed E-state index contributed by atoms with van der Waals surface area (Å²) in [5.74, 6) is 0.585. The first-order valence-corrected chi connectivity index (χ1v) is 6.70. The molecular formula is C14H11N4OP. The summed E-state index contributed by atoms with van der Waals surface area (Å²) in [6.07, 6.45) is 1.70. The molecule has 1 unspecified atom stereocenters. The number of benzene rings is 1. The van der Waals surface area contributed by atoms with Gasteiger partial charge >= 0.3 is 0 Å². The summed E-state index contributed by atoms with van der Waals surface area (Å²) in [6, 6.07) is 9.43. The van der Waals surface area contributed by atoms with Crippen LogP contribution in [0.4, 0.5) is 5.82 Å². The zero-order valence-corrected chi connectivity index (χ0v) is 11.9. The average Bonchev–Trinajstić information content (AvgIpc) is 2.79. The third-order valence-electron chi connectivity index (χ3n) is 3.64. The molecule has 3 heterocycles. The number of aromatic nitrogens is 3. The number of carbonyl (C=O) groups excluding carboxylic acids is 1. The first kappa shape index (κ1) is 11.6. The van der Waals surface area contributed by atoms with Gasteiger partial charge in [-0.05, 0) is 21.5 Å². The molecule has 2 aromatic heterocycles. The zero-order chi connectivity index (χ0) is 13.9. The fourth-order valence-electron chi connectivity index (χ4n) is 2.67. The van der Waals surface area contributed by atoms with Crippen LogP contribution in [0.5, 0.6) is 0 Å². The molecule has 98 valence electrons. The predicted octanol–water partition coefficient (Wildman–Crippen LogP) is 2.33. The van der Waals surface area contributed by atoms with E-state index in [0.717, 1.165) is 22.2 Å². The summed E-state index contributed by atoms with van der Waals surface area (Å²) in [6.45, 7) is 0. The van der Waals surface area contributed by atoms with Crippen LogP contribution in [0, 0.1) is 0 Å². The lowest BCUT2D eigenvalue weighted by Gasteiger charge is -2.15. The topological polar surface area (TPSA) is 51.0 Å². The fraction of sp³-hybridized carbons (Fsp3) is 0.0714. The minimum atomic E-state index is -0.0612. The Bertz CT molecular complexity index is 871. The van der Waals surface area contributed by atoms with E-state index in [-0.39, 0.29) is 5.91 Å². The van der Waals surface area contributed by atoms with Gasteiger partial charge < -0.3 is 0 Å². The Balaban J connectivity index is 2.24. The molecule has 0 saturated heterocycles. The van der Waals surface area contributed by atoms with E-state index in [2.05, 4.69) is 19.5 Å². The van der Waals surface area contributed by atoms with E-state index in [1.165, 1.54) is 0 Å². The Morgan fingerprint density at radius 1 is 1.15 bits per heavy atom. The van der Waals surface area contributed by atoms with E-state index >= 15 is 0 Å². The fourth-order valence-corrected chi connectivity index (χ4v) is 3.00. The molecule has 4 rings (SSSR count). The van der Waals surface area contributed by atoms with E-state index < -0.39 is 0 Å². The molecule has 0 bridgehead atoms. The van der Waals surface area contributed by atoms with Crippen LogP contribution in [-0.2, 0) is 0 Å². The maximum atomic E-state index is 12.6. The van der Waals surface area contributed by atoms with Crippen LogP contribution in [0.2, 0.25) is 0 Å². The molecule has 1 aromatic carbocycles. The van der Waals surface area contributed by atoms with E-state index in [1.54, 1.807) is 22.6 Å². The van der Waals surface area contributed by atoms with Gasteiger partial charge in [-0.1, -0.05) is 18.2 Å². The van der Waals surface area contributed by atoms with Crippen LogP contribution in [0.1, 0.15) is 10.4 Å². The maximum Gasteiger partial charge on any atom is 0.259 e. The van der Waals surface area contributed by atoms with Crippen molar-refractivity contribution in [1.29, 1.82) is 0 Å². The molecule has 6 heteroatoms. The molecule has 5 nitrogen and oxygen atoms in total. The van der Waals surface area contributed by atoms with Gasteiger partial charge in [-0.2, -0.15) is 5.10 Å². The van der Waals surface area contributed by atoms with Gasteiger partial charge in [0.1, 0.15) is 11.5 Å². The Morgan fingerprint density at radius 3 is 2.70 bits per heavy atom. The van der Waals surface area contributed by atoms with Crippen LogP contribution in [0.25, 0.3) is 22.2 Å². The second-order valence-electron chi connectivity index (χ2n) is 4.73. The van der Waals surface area contributed by atoms with E-state index in [1.807, 2.05) is 30.3 Å². The largest absolute Gasteiger partial charge is 0.295 e. The molecule has 20 heavy (non-hydrogen) atoms. The molecule has 0 aliphatic carbocycles. The van der Waals surface area contributed by atoms with Crippen molar-refractivity contribution in [3.63, 3.8) is 0 Å². The van der Waals surface area contributed by atoms with Crippen molar-refractivity contribution in [2.24, 2.45) is 0 Å². The lowest BCUT2D eigenvalue weighted by molar-refractivity contribution is 0.0993. The number of fused-ring (bicyclic) bond motifs is 2. The van der Waals surface area contributed by atoms with Gasteiger partial charge in [-0.25, -0.2) is 9.44 Å². The molecule has 0 radical (unpaired) electrons. The summed E-state index contributed by atoms with van der Waals surface area (Å²) >= 11 is 0. The number of pyridine rings is 1. The Labute approximate surface area is 117 Å². The summed E-state index contributed by atoms with van der Waals surface area (Å²) < 4.78 is 1.75. The van der Waals surface area contributed by atoms with Crippen LogP contribution in [0.3, 0.4) is 0 Å². The Hall–Kier alpha value is -2.26. The number of anilines is 1. The first-order chi connectivity index (χ1) is 9.68. The molecule has 0 fully saturated rings. The quantitative estimate of drug-likeness (QED) is 0.595. The van der Waals surface area contributed by atoms with Crippen LogP contribution in [0.15, 0.2) is 36.5 Å². The highest BCUT2D eigenvalue weighted by Gasteiger charge is 2.28. The average molecular weight is 282 g/mol. The van der Waals surface area contributed by atoms with Gasteiger partial charge in [0.15, 0.2) is 0 Å². The minimum Gasteiger partial charge on any atom is -0.295 e. The highest BCUT2D eigenvalue weighted by atomic mass is 31.0. The first-order valence-electron chi connectivity index (χ1n) is 6.19. The molecule has 1 aliphatic rings.